The third kappa shape index (κ3) is 1.66. The van der Waals surface area contributed by atoms with E-state index in [4.69, 9.17) is 16.3 Å². The standard InChI is InChI=1S/C16H10ClNO3/c17-10-7-5-9(6-8-10)13-16(21-13)12-4-2-1-3-11(12)14(19)18-15(16)20/h1-8,13H,(H,18,19,20). The van der Waals surface area contributed by atoms with Gasteiger partial charge in [0, 0.05) is 16.1 Å². The first-order valence-corrected chi connectivity index (χ1v) is 6.89. The van der Waals surface area contributed by atoms with Crippen molar-refractivity contribution in [2.45, 2.75) is 11.7 Å². The van der Waals surface area contributed by atoms with Gasteiger partial charge in [-0.3, -0.25) is 14.9 Å². The average Bonchev–Trinajstić information content (AvgIpc) is 3.23. The fraction of sp³-hybridized carbons (Fsp3) is 0.125. The van der Waals surface area contributed by atoms with Crippen LogP contribution < -0.4 is 5.32 Å². The van der Waals surface area contributed by atoms with Crippen LogP contribution in [0.1, 0.15) is 27.6 Å². The van der Waals surface area contributed by atoms with Gasteiger partial charge >= 0.3 is 0 Å². The SMILES string of the molecule is O=C1NC(=O)C2(OC2c2ccc(Cl)cc2)c2ccccc21. The Labute approximate surface area is 125 Å². The Morgan fingerprint density at radius 3 is 2.52 bits per heavy atom. The molecule has 2 aliphatic heterocycles. The lowest BCUT2D eigenvalue weighted by atomic mass is 9.85. The van der Waals surface area contributed by atoms with E-state index >= 15 is 0 Å². The van der Waals surface area contributed by atoms with E-state index in [2.05, 4.69) is 5.32 Å². The lowest BCUT2D eigenvalue weighted by Gasteiger charge is -2.21. The van der Waals surface area contributed by atoms with E-state index < -0.39 is 17.6 Å². The Morgan fingerprint density at radius 2 is 1.76 bits per heavy atom. The first kappa shape index (κ1) is 12.6. The molecule has 4 nitrogen and oxygen atoms in total. The molecular formula is C16H10ClNO3. The summed E-state index contributed by atoms with van der Waals surface area (Å²) in [7, 11) is 0. The lowest BCUT2D eigenvalue weighted by Crippen LogP contribution is -2.45. The van der Waals surface area contributed by atoms with Crippen molar-refractivity contribution in [2.24, 2.45) is 0 Å². The Kier molecular flexibility index (Phi) is 2.49. The van der Waals surface area contributed by atoms with Gasteiger partial charge in [-0.1, -0.05) is 41.9 Å². The summed E-state index contributed by atoms with van der Waals surface area (Å²) in [5.41, 5.74) is 0.865. The number of epoxide rings is 1. The van der Waals surface area contributed by atoms with Crippen LogP contribution in [0.4, 0.5) is 0 Å². The molecule has 2 unspecified atom stereocenters. The number of nitrogens with one attached hydrogen (secondary N) is 1. The minimum Gasteiger partial charge on any atom is -0.345 e. The summed E-state index contributed by atoms with van der Waals surface area (Å²) < 4.78 is 5.75. The van der Waals surface area contributed by atoms with Gasteiger partial charge in [-0.05, 0) is 23.8 Å². The maximum absolute atomic E-state index is 12.3. The quantitative estimate of drug-likeness (QED) is 0.650. The fourth-order valence-corrected chi connectivity index (χ4v) is 2.99. The molecule has 21 heavy (non-hydrogen) atoms. The predicted molar refractivity (Wildman–Crippen MR) is 75.9 cm³/mol. The zero-order valence-corrected chi connectivity index (χ0v) is 11.6. The molecule has 2 aliphatic rings. The highest BCUT2D eigenvalue weighted by atomic mass is 35.5. The molecule has 0 saturated carbocycles. The normalized spacial score (nSPS) is 26.4. The van der Waals surface area contributed by atoms with Crippen molar-refractivity contribution in [3.05, 3.63) is 70.2 Å². The van der Waals surface area contributed by atoms with E-state index in [0.29, 0.717) is 16.1 Å². The van der Waals surface area contributed by atoms with Crippen molar-refractivity contribution in [1.82, 2.24) is 5.32 Å². The largest absolute Gasteiger partial charge is 0.345 e. The molecule has 2 amide bonds. The number of carbonyl (C=O) groups excluding carboxylic acids is 2. The number of amides is 2. The molecule has 0 radical (unpaired) electrons. The lowest BCUT2D eigenvalue weighted by molar-refractivity contribution is -0.126. The number of hydrogen-bond acceptors (Lipinski definition) is 3. The zero-order valence-electron chi connectivity index (χ0n) is 10.8. The highest BCUT2D eigenvalue weighted by molar-refractivity contribution is 6.30. The number of ether oxygens (including phenoxy) is 1. The van der Waals surface area contributed by atoms with Crippen molar-refractivity contribution in [3.63, 3.8) is 0 Å². The summed E-state index contributed by atoms with van der Waals surface area (Å²) >= 11 is 5.88. The first-order chi connectivity index (χ1) is 10.1. The molecule has 1 fully saturated rings. The van der Waals surface area contributed by atoms with Crippen molar-refractivity contribution in [2.75, 3.05) is 0 Å². The number of rotatable bonds is 1. The second-order valence-corrected chi connectivity index (χ2v) is 5.55. The van der Waals surface area contributed by atoms with Crippen molar-refractivity contribution >= 4 is 23.4 Å². The second kappa shape index (κ2) is 4.16. The molecule has 1 saturated heterocycles. The van der Waals surface area contributed by atoms with Crippen LogP contribution in [-0.2, 0) is 15.1 Å². The predicted octanol–water partition coefficient (Wildman–Crippen LogP) is 2.58. The van der Waals surface area contributed by atoms with Gasteiger partial charge in [-0.25, -0.2) is 0 Å². The zero-order chi connectivity index (χ0) is 14.6. The van der Waals surface area contributed by atoms with Gasteiger partial charge in [0.2, 0.25) is 5.60 Å². The third-order valence-corrected chi connectivity index (χ3v) is 4.18. The number of carbonyl (C=O) groups is 2. The molecular weight excluding hydrogens is 290 g/mol. The molecule has 5 heteroatoms. The maximum atomic E-state index is 12.3. The molecule has 2 aromatic carbocycles. The van der Waals surface area contributed by atoms with Gasteiger partial charge in [-0.2, -0.15) is 0 Å². The molecule has 0 aromatic heterocycles. The van der Waals surface area contributed by atoms with E-state index in [9.17, 15) is 9.59 Å². The van der Waals surface area contributed by atoms with Gasteiger partial charge < -0.3 is 4.74 Å². The topological polar surface area (TPSA) is 58.7 Å². The van der Waals surface area contributed by atoms with Crippen molar-refractivity contribution in [1.29, 1.82) is 0 Å². The van der Waals surface area contributed by atoms with E-state index in [1.807, 2.05) is 12.1 Å². The van der Waals surface area contributed by atoms with Crippen LogP contribution in [0.25, 0.3) is 0 Å². The number of hydrogen-bond donors (Lipinski definition) is 1. The Hall–Kier alpha value is -2.17. The van der Waals surface area contributed by atoms with Crippen LogP contribution in [0, 0.1) is 0 Å². The summed E-state index contributed by atoms with van der Waals surface area (Å²) in [5, 5.41) is 2.99. The minimum atomic E-state index is -1.10. The molecule has 104 valence electrons. The van der Waals surface area contributed by atoms with E-state index in [-0.39, 0.29) is 5.91 Å². The van der Waals surface area contributed by atoms with Crippen LogP contribution in [0.5, 0.6) is 0 Å². The van der Waals surface area contributed by atoms with Crippen molar-refractivity contribution < 1.29 is 14.3 Å². The van der Waals surface area contributed by atoms with E-state index in [1.54, 1.807) is 36.4 Å². The average molecular weight is 300 g/mol. The summed E-state index contributed by atoms with van der Waals surface area (Å²) in [5.74, 6) is -0.794. The van der Waals surface area contributed by atoms with Crippen LogP contribution in [0.15, 0.2) is 48.5 Å². The molecule has 1 N–H and O–H groups in total. The van der Waals surface area contributed by atoms with E-state index in [0.717, 1.165) is 5.56 Å². The fourth-order valence-electron chi connectivity index (χ4n) is 2.86. The minimum absolute atomic E-state index is 0.383. The van der Waals surface area contributed by atoms with Gasteiger partial charge in [-0.15, -0.1) is 0 Å². The highest BCUT2D eigenvalue weighted by Crippen LogP contribution is 2.59. The van der Waals surface area contributed by atoms with Gasteiger partial charge in [0.05, 0.1) is 0 Å². The Morgan fingerprint density at radius 1 is 1.05 bits per heavy atom. The molecule has 2 aromatic rings. The molecule has 2 heterocycles. The van der Waals surface area contributed by atoms with Crippen LogP contribution >= 0.6 is 11.6 Å². The second-order valence-electron chi connectivity index (χ2n) is 5.11. The van der Waals surface area contributed by atoms with Crippen LogP contribution in [0.2, 0.25) is 5.02 Å². The van der Waals surface area contributed by atoms with Crippen LogP contribution in [-0.4, -0.2) is 11.8 Å². The number of imide groups is 1. The Bertz CT molecular complexity index is 771. The van der Waals surface area contributed by atoms with Gasteiger partial charge in [0.1, 0.15) is 6.10 Å². The molecule has 1 spiro atoms. The number of halogens is 1. The number of benzene rings is 2. The highest BCUT2D eigenvalue weighted by Gasteiger charge is 2.67. The molecule has 0 bridgehead atoms. The Balaban J connectivity index is 1.82. The molecule has 0 aliphatic carbocycles. The summed E-state index contributed by atoms with van der Waals surface area (Å²) in [4.78, 5) is 24.2. The monoisotopic (exact) mass is 299 g/mol. The van der Waals surface area contributed by atoms with Crippen LogP contribution in [0.3, 0.4) is 0 Å². The third-order valence-electron chi connectivity index (χ3n) is 3.92. The summed E-state index contributed by atoms with van der Waals surface area (Å²) in [6.45, 7) is 0. The van der Waals surface area contributed by atoms with E-state index in [1.165, 1.54) is 0 Å². The smallest absolute Gasteiger partial charge is 0.266 e. The summed E-state index contributed by atoms with van der Waals surface area (Å²) in [6.07, 6.45) is -0.399. The van der Waals surface area contributed by atoms with Crippen molar-refractivity contribution in [3.8, 4) is 0 Å². The summed E-state index contributed by atoms with van der Waals surface area (Å²) in [6, 6.07) is 14.2. The first-order valence-electron chi connectivity index (χ1n) is 6.51. The van der Waals surface area contributed by atoms with Gasteiger partial charge in [0.15, 0.2) is 0 Å². The van der Waals surface area contributed by atoms with Gasteiger partial charge in [0.25, 0.3) is 11.8 Å². The molecule has 4 rings (SSSR count). The molecule has 2 atom stereocenters. The number of fused-ring (bicyclic) bond motifs is 2. The maximum Gasteiger partial charge on any atom is 0.266 e.